The van der Waals surface area contributed by atoms with E-state index in [2.05, 4.69) is 5.32 Å². The van der Waals surface area contributed by atoms with Crippen LogP contribution in [0.2, 0.25) is 0 Å². The average molecular weight is 509 g/mol. The number of fused-ring (bicyclic) bond motifs is 2. The van der Waals surface area contributed by atoms with E-state index in [4.69, 9.17) is 18.2 Å². The number of carbonyl (C=O) groups excluding carboxylic acids is 1. The van der Waals surface area contributed by atoms with Crippen LogP contribution < -0.4 is 10.7 Å². The van der Waals surface area contributed by atoms with Crippen LogP contribution in [0.4, 0.5) is 0 Å². The van der Waals surface area contributed by atoms with Crippen molar-refractivity contribution in [3.05, 3.63) is 81.0 Å². The highest BCUT2D eigenvalue weighted by Gasteiger charge is 2.48. The van der Waals surface area contributed by atoms with E-state index in [0.717, 1.165) is 0 Å². The van der Waals surface area contributed by atoms with E-state index >= 15 is 0 Å². The topological polar surface area (TPSA) is 104 Å². The van der Waals surface area contributed by atoms with Crippen LogP contribution in [0.1, 0.15) is 39.2 Å². The van der Waals surface area contributed by atoms with E-state index in [0.29, 0.717) is 38.5 Å². The molecule has 1 fully saturated rings. The van der Waals surface area contributed by atoms with Crippen LogP contribution in [-0.4, -0.2) is 25.8 Å². The Kier molecular flexibility index (Phi) is 6.15. The summed E-state index contributed by atoms with van der Waals surface area (Å²) in [6.45, 7) is 8.00. The number of carbonyl (C=O) groups is 1. The van der Waals surface area contributed by atoms with Gasteiger partial charge in [0.2, 0.25) is 5.43 Å². The highest BCUT2D eigenvalue weighted by molar-refractivity contribution is 7.58. The summed E-state index contributed by atoms with van der Waals surface area (Å²) in [7, 11) is -3.83. The average Bonchev–Trinajstić information content (AvgIpc) is 2.86. The van der Waals surface area contributed by atoms with Crippen molar-refractivity contribution in [2.24, 2.45) is 5.41 Å². The van der Waals surface area contributed by atoms with Gasteiger partial charge >= 0.3 is 13.6 Å². The fourth-order valence-electron chi connectivity index (χ4n) is 4.59. The monoisotopic (exact) mass is 509 g/mol. The molecular weight excluding hydrogens is 481 g/mol. The molecule has 1 atom stereocenters. The highest BCUT2D eigenvalue weighted by atomic mass is 31.2. The normalized spacial score (nSPS) is 21.2. The van der Waals surface area contributed by atoms with Gasteiger partial charge < -0.3 is 23.5 Å². The third-order valence-corrected chi connectivity index (χ3v) is 8.54. The van der Waals surface area contributed by atoms with Crippen molar-refractivity contribution in [3.63, 3.8) is 0 Å². The lowest BCUT2D eigenvalue weighted by Gasteiger charge is -2.38. The number of nitrogens with one attached hydrogen (secondary N) is 1. The zero-order valence-corrected chi connectivity index (χ0v) is 21.5. The van der Waals surface area contributed by atoms with Gasteiger partial charge in [0.05, 0.1) is 47.4 Å². The maximum atomic E-state index is 14.2. The molecule has 0 spiro atoms. The maximum Gasteiger partial charge on any atom is 0.360 e. The minimum Gasteiger partial charge on any atom is -0.463 e. The number of ether oxygens (including phenoxy) is 1. The molecule has 1 unspecified atom stereocenters. The zero-order chi connectivity index (χ0) is 25.7. The summed E-state index contributed by atoms with van der Waals surface area (Å²) < 4.78 is 37.6. The lowest BCUT2D eigenvalue weighted by Crippen LogP contribution is -2.32. The largest absolute Gasteiger partial charge is 0.463 e. The van der Waals surface area contributed by atoms with Crippen LogP contribution in [0.25, 0.3) is 21.9 Å². The molecule has 0 saturated carbocycles. The van der Waals surface area contributed by atoms with Gasteiger partial charge in [0.1, 0.15) is 11.2 Å². The summed E-state index contributed by atoms with van der Waals surface area (Å²) in [5, 5.41) is 4.15. The van der Waals surface area contributed by atoms with E-state index in [-0.39, 0.29) is 36.2 Å². The molecular formula is C27H28NO7P. The third kappa shape index (κ3) is 4.09. The van der Waals surface area contributed by atoms with E-state index in [1.54, 1.807) is 62.5 Å². The molecule has 0 radical (unpaired) electrons. The van der Waals surface area contributed by atoms with Crippen molar-refractivity contribution < 1.29 is 27.6 Å². The Morgan fingerprint density at radius 2 is 1.81 bits per heavy atom. The molecule has 9 heteroatoms. The molecule has 2 aliphatic rings. The summed E-state index contributed by atoms with van der Waals surface area (Å²) in [6.07, 6.45) is 1.54. The second kappa shape index (κ2) is 9.04. The van der Waals surface area contributed by atoms with Gasteiger partial charge in [0.25, 0.3) is 0 Å². The van der Waals surface area contributed by atoms with Crippen molar-refractivity contribution >= 4 is 35.5 Å². The van der Waals surface area contributed by atoms with Crippen molar-refractivity contribution in [1.29, 1.82) is 0 Å². The van der Waals surface area contributed by atoms with E-state index in [9.17, 15) is 14.2 Å². The second-order valence-electron chi connectivity index (χ2n) is 9.77. The number of hydrogen-bond donors (Lipinski definition) is 1. The number of rotatable bonds is 4. The molecule has 2 aromatic carbocycles. The molecule has 0 bridgehead atoms. The maximum absolute atomic E-state index is 14.2. The molecule has 1 aromatic heterocycles. The van der Waals surface area contributed by atoms with Crippen molar-refractivity contribution in [3.8, 4) is 0 Å². The Morgan fingerprint density at radius 1 is 1.11 bits per heavy atom. The molecule has 36 heavy (non-hydrogen) atoms. The number of benzene rings is 2. The minimum absolute atomic E-state index is 0.162. The molecule has 3 aromatic rings. The first-order valence-electron chi connectivity index (χ1n) is 11.8. The van der Waals surface area contributed by atoms with Gasteiger partial charge in [-0.3, -0.25) is 9.36 Å². The first-order valence-corrected chi connectivity index (χ1v) is 13.4. The quantitative estimate of drug-likeness (QED) is 0.276. The van der Waals surface area contributed by atoms with Crippen LogP contribution in [-0.2, 0) is 23.1 Å². The van der Waals surface area contributed by atoms with E-state index < -0.39 is 19.5 Å². The molecule has 0 aliphatic carbocycles. The Bertz CT molecular complexity index is 1530. The minimum atomic E-state index is -3.83. The molecule has 1 saturated heterocycles. The van der Waals surface area contributed by atoms with Crippen LogP contribution in [0.15, 0.2) is 74.5 Å². The fraction of sp³-hybridized carbons (Fsp3) is 0.333. The summed E-state index contributed by atoms with van der Waals surface area (Å²) in [6, 6.07) is 12.2. The van der Waals surface area contributed by atoms with Crippen molar-refractivity contribution in [2.75, 3.05) is 19.8 Å². The van der Waals surface area contributed by atoms with Crippen molar-refractivity contribution in [2.45, 2.75) is 33.6 Å². The van der Waals surface area contributed by atoms with Gasteiger partial charge in [0, 0.05) is 22.9 Å². The smallest absolute Gasteiger partial charge is 0.360 e. The third-order valence-electron chi connectivity index (χ3n) is 6.41. The number of para-hydroxylation sites is 2. The predicted octanol–water partition coefficient (Wildman–Crippen LogP) is 5.58. The molecule has 1 N–H and O–H groups in total. The first-order chi connectivity index (χ1) is 17.1. The van der Waals surface area contributed by atoms with E-state index in [1.807, 2.05) is 13.8 Å². The molecule has 8 nitrogen and oxygen atoms in total. The zero-order valence-electron chi connectivity index (χ0n) is 20.6. The molecule has 2 aliphatic heterocycles. The van der Waals surface area contributed by atoms with Gasteiger partial charge in [0.15, 0.2) is 0 Å². The summed E-state index contributed by atoms with van der Waals surface area (Å²) in [5.74, 6) is -1.46. The standard InChI is InChI=1S/C27H28NO7P/c1-5-32-26(30)20-13-28-16(2)25(36(31)33-14-27(3,4)15-34-36)22(20)18-10-8-11-19-23(29)17-9-6-7-12-21(17)35-24(18)19/h6-13,22,28H,5,14-15H2,1-4H3. The van der Waals surface area contributed by atoms with Crippen LogP contribution in [0, 0.1) is 5.41 Å². The number of allylic oxidation sites excluding steroid dienone is 2. The van der Waals surface area contributed by atoms with Crippen LogP contribution in [0.5, 0.6) is 0 Å². The first kappa shape index (κ1) is 24.5. The summed E-state index contributed by atoms with van der Waals surface area (Å²) >= 11 is 0. The van der Waals surface area contributed by atoms with Crippen LogP contribution >= 0.6 is 7.60 Å². The second-order valence-corrected chi connectivity index (χ2v) is 11.8. The Morgan fingerprint density at radius 3 is 2.53 bits per heavy atom. The Hall–Kier alpha value is -3.19. The Labute approximate surface area is 208 Å². The number of dihydropyridines is 1. The number of esters is 1. The molecule has 5 rings (SSSR count). The fourth-order valence-corrected chi connectivity index (χ4v) is 7.05. The lowest BCUT2D eigenvalue weighted by molar-refractivity contribution is -0.138. The summed E-state index contributed by atoms with van der Waals surface area (Å²) in [4.78, 5) is 26.5. The SMILES string of the molecule is CCOC(=O)C1=CNC(C)=C(P2(=O)OCC(C)(C)CO2)C1c1cccc2c(=O)c3ccccc3oc12. The number of hydrogen-bond acceptors (Lipinski definition) is 8. The predicted molar refractivity (Wildman–Crippen MR) is 137 cm³/mol. The molecule has 0 amide bonds. The van der Waals surface area contributed by atoms with Gasteiger partial charge in [-0.25, -0.2) is 4.79 Å². The van der Waals surface area contributed by atoms with Gasteiger partial charge in [-0.1, -0.05) is 38.1 Å². The van der Waals surface area contributed by atoms with Gasteiger partial charge in [-0.2, -0.15) is 0 Å². The van der Waals surface area contributed by atoms with E-state index in [1.165, 1.54) is 0 Å². The molecule has 3 heterocycles. The van der Waals surface area contributed by atoms with Crippen molar-refractivity contribution in [1.82, 2.24) is 5.32 Å². The summed E-state index contributed by atoms with van der Waals surface area (Å²) in [5.41, 5.74) is 1.47. The van der Waals surface area contributed by atoms with Gasteiger partial charge in [-0.05, 0) is 32.0 Å². The highest BCUT2D eigenvalue weighted by Crippen LogP contribution is 2.66. The Balaban J connectivity index is 1.77. The van der Waals surface area contributed by atoms with Gasteiger partial charge in [-0.15, -0.1) is 0 Å². The van der Waals surface area contributed by atoms with Crippen LogP contribution in [0.3, 0.4) is 0 Å². The molecule has 188 valence electrons. The lowest BCUT2D eigenvalue weighted by atomic mass is 9.87.